The number of nitrogens with one attached hydrogen (secondary N) is 3. The number of amides is 3. The Morgan fingerprint density at radius 2 is 2.15 bits per heavy atom. The number of nitrogens with zero attached hydrogens (tertiary/aromatic N) is 1. The van der Waals surface area contributed by atoms with Gasteiger partial charge in [0, 0.05) is 32.3 Å². The normalized spacial score (nSPS) is 28.7. The molecule has 1 aliphatic carbocycles. The zero-order chi connectivity index (χ0) is 24.1. The molecule has 2 fully saturated rings. The first-order valence-corrected chi connectivity index (χ1v) is 11.5. The molecule has 4 atom stereocenters. The number of hydrogen-bond donors (Lipinski definition) is 3. The van der Waals surface area contributed by atoms with Crippen LogP contribution in [0.15, 0.2) is 42.5 Å². The first kappa shape index (κ1) is 24.3. The van der Waals surface area contributed by atoms with E-state index in [1.807, 2.05) is 12.2 Å². The van der Waals surface area contributed by atoms with Gasteiger partial charge in [-0.05, 0) is 43.5 Å². The average molecular weight is 477 g/mol. The zero-order valence-corrected chi connectivity index (χ0v) is 19.1. The minimum atomic E-state index is -1.04. The van der Waals surface area contributed by atoms with Gasteiger partial charge in [-0.2, -0.15) is 0 Å². The fraction of sp³-hybridized carbons (Fsp3) is 0.500. The van der Waals surface area contributed by atoms with E-state index in [0.29, 0.717) is 13.1 Å². The Hall–Kier alpha value is -2.82. The van der Waals surface area contributed by atoms with E-state index >= 15 is 0 Å². The van der Waals surface area contributed by atoms with E-state index in [1.54, 1.807) is 7.11 Å². The molecule has 0 bridgehead atoms. The predicted octanol–water partition coefficient (Wildman–Crippen LogP) is 2.78. The molecule has 34 heavy (non-hydrogen) atoms. The van der Waals surface area contributed by atoms with Crippen LogP contribution in [0.3, 0.4) is 0 Å². The van der Waals surface area contributed by atoms with E-state index in [2.05, 4.69) is 28.1 Å². The molecule has 4 rings (SSSR count). The van der Waals surface area contributed by atoms with E-state index < -0.39 is 29.8 Å². The summed E-state index contributed by atoms with van der Waals surface area (Å²) in [5.74, 6) is -2.04. The van der Waals surface area contributed by atoms with Crippen molar-refractivity contribution in [2.24, 2.45) is 0 Å². The van der Waals surface area contributed by atoms with Gasteiger partial charge >= 0.3 is 12.1 Å². The summed E-state index contributed by atoms with van der Waals surface area (Å²) < 4.78 is 37.7. The molecule has 1 aromatic carbocycles. The Labute approximate surface area is 197 Å². The summed E-state index contributed by atoms with van der Waals surface area (Å²) in [6.45, 7) is 1.54. The maximum absolute atomic E-state index is 13.6. The summed E-state index contributed by atoms with van der Waals surface area (Å²) in [4.78, 5) is 25.7. The number of piperidine rings is 1. The van der Waals surface area contributed by atoms with Crippen molar-refractivity contribution in [3.05, 3.63) is 59.7 Å². The van der Waals surface area contributed by atoms with Crippen LogP contribution in [-0.2, 0) is 9.47 Å². The zero-order valence-electron chi connectivity index (χ0n) is 19.1. The SMILES string of the molecule is COC1(C2CC(NCCNC(=O)N3C(=O)OC[C@@H]3c3ccc(F)c(F)c3)CCN2)C=CC=CC1. The Bertz CT molecular complexity index is 972. The van der Waals surface area contributed by atoms with Gasteiger partial charge in [-0.15, -0.1) is 0 Å². The highest BCUT2D eigenvalue weighted by Crippen LogP contribution is 2.31. The van der Waals surface area contributed by atoms with E-state index in [9.17, 15) is 18.4 Å². The minimum absolute atomic E-state index is 0.114. The highest BCUT2D eigenvalue weighted by molar-refractivity contribution is 5.92. The summed E-state index contributed by atoms with van der Waals surface area (Å²) in [5.41, 5.74) is -0.0775. The molecule has 2 saturated heterocycles. The van der Waals surface area contributed by atoms with Crippen LogP contribution >= 0.6 is 0 Å². The lowest BCUT2D eigenvalue weighted by Crippen LogP contribution is -2.58. The van der Waals surface area contributed by atoms with Gasteiger partial charge in [0.15, 0.2) is 11.6 Å². The monoisotopic (exact) mass is 476 g/mol. The number of rotatable bonds is 7. The molecule has 10 heteroatoms. The number of carbonyl (C=O) groups is 2. The lowest BCUT2D eigenvalue weighted by atomic mass is 9.81. The number of benzene rings is 1. The Kier molecular flexibility index (Phi) is 7.60. The molecule has 3 N–H and O–H groups in total. The molecule has 0 saturated carbocycles. The second-order valence-electron chi connectivity index (χ2n) is 8.70. The van der Waals surface area contributed by atoms with Gasteiger partial charge in [0.05, 0.1) is 0 Å². The van der Waals surface area contributed by atoms with Gasteiger partial charge < -0.3 is 25.4 Å². The Morgan fingerprint density at radius 1 is 1.29 bits per heavy atom. The number of ether oxygens (including phenoxy) is 2. The fourth-order valence-electron chi connectivity index (χ4n) is 4.79. The number of cyclic esters (lactones) is 1. The van der Waals surface area contributed by atoms with Crippen molar-refractivity contribution in [3.8, 4) is 0 Å². The van der Waals surface area contributed by atoms with Crippen LogP contribution < -0.4 is 16.0 Å². The number of urea groups is 1. The van der Waals surface area contributed by atoms with Gasteiger partial charge in [-0.3, -0.25) is 0 Å². The summed E-state index contributed by atoms with van der Waals surface area (Å²) in [5, 5.41) is 9.74. The topological polar surface area (TPSA) is 91.9 Å². The van der Waals surface area contributed by atoms with Gasteiger partial charge in [0.1, 0.15) is 18.2 Å². The summed E-state index contributed by atoms with van der Waals surface area (Å²) in [7, 11) is 1.73. The maximum atomic E-state index is 13.6. The molecular weight excluding hydrogens is 446 g/mol. The smallest absolute Gasteiger partial charge is 0.418 e. The first-order valence-electron chi connectivity index (χ1n) is 11.5. The van der Waals surface area contributed by atoms with Crippen LogP contribution in [-0.4, -0.2) is 68.1 Å². The highest BCUT2D eigenvalue weighted by Gasteiger charge is 2.40. The number of carbonyl (C=O) groups excluding carboxylic acids is 2. The van der Waals surface area contributed by atoms with Crippen molar-refractivity contribution >= 4 is 12.1 Å². The van der Waals surface area contributed by atoms with Crippen molar-refractivity contribution in [1.82, 2.24) is 20.9 Å². The fourth-order valence-corrected chi connectivity index (χ4v) is 4.79. The van der Waals surface area contributed by atoms with E-state index in [1.165, 1.54) is 6.07 Å². The Balaban J connectivity index is 1.27. The highest BCUT2D eigenvalue weighted by atomic mass is 19.2. The van der Waals surface area contributed by atoms with Gasteiger partial charge in [-0.1, -0.05) is 30.4 Å². The lowest BCUT2D eigenvalue weighted by Gasteiger charge is -2.43. The molecular formula is C24H30F2N4O4. The molecule has 184 valence electrons. The number of methoxy groups -OCH3 is 1. The second kappa shape index (κ2) is 10.6. The first-order chi connectivity index (χ1) is 16.4. The summed E-state index contributed by atoms with van der Waals surface area (Å²) >= 11 is 0. The lowest BCUT2D eigenvalue weighted by molar-refractivity contribution is -0.0101. The molecule has 0 aromatic heterocycles. The minimum Gasteiger partial charge on any atom is -0.446 e. The second-order valence-corrected chi connectivity index (χ2v) is 8.70. The van der Waals surface area contributed by atoms with Gasteiger partial charge in [0.25, 0.3) is 0 Å². The molecule has 2 heterocycles. The largest absolute Gasteiger partial charge is 0.446 e. The molecule has 0 spiro atoms. The quantitative estimate of drug-likeness (QED) is 0.525. The van der Waals surface area contributed by atoms with Crippen LogP contribution in [0.5, 0.6) is 0 Å². The molecule has 1 aromatic rings. The van der Waals surface area contributed by atoms with E-state index in [-0.39, 0.29) is 29.9 Å². The number of halogens is 2. The van der Waals surface area contributed by atoms with Crippen LogP contribution in [0, 0.1) is 11.6 Å². The summed E-state index contributed by atoms with van der Waals surface area (Å²) in [6.07, 6.45) is 10.0. The van der Waals surface area contributed by atoms with Crippen molar-refractivity contribution in [1.29, 1.82) is 0 Å². The summed E-state index contributed by atoms with van der Waals surface area (Å²) in [6, 6.07) is 2.24. The molecule has 8 nitrogen and oxygen atoms in total. The number of hydrogen-bond acceptors (Lipinski definition) is 6. The van der Waals surface area contributed by atoms with E-state index in [0.717, 1.165) is 42.8 Å². The van der Waals surface area contributed by atoms with Crippen molar-refractivity contribution in [2.75, 3.05) is 33.4 Å². The third kappa shape index (κ3) is 5.13. The van der Waals surface area contributed by atoms with Crippen LogP contribution in [0.25, 0.3) is 0 Å². The van der Waals surface area contributed by atoms with Crippen molar-refractivity contribution in [2.45, 2.75) is 43.0 Å². The third-order valence-corrected chi connectivity index (χ3v) is 6.69. The third-order valence-electron chi connectivity index (χ3n) is 6.69. The Morgan fingerprint density at radius 3 is 2.88 bits per heavy atom. The van der Waals surface area contributed by atoms with Gasteiger partial charge in [0.2, 0.25) is 0 Å². The molecule has 3 unspecified atom stereocenters. The maximum Gasteiger partial charge on any atom is 0.418 e. The molecule has 2 aliphatic heterocycles. The van der Waals surface area contributed by atoms with Crippen molar-refractivity contribution in [3.63, 3.8) is 0 Å². The molecule has 0 radical (unpaired) electrons. The van der Waals surface area contributed by atoms with Crippen LogP contribution in [0.1, 0.15) is 30.9 Å². The average Bonchev–Trinajstić information content (AvgIpc) is 3.25. The number of allylic oxidation sites excluding steroid dienone is 2. The van der Waals surface area contributed by atoms with E-state index in [4.69, 9.17) is 9.47 Å². The van der Waals surface area contributed by atoms with Gasteiger partial charge in [-0.25, -0.2) is 23.3 Å². The molecule has 3 aliphatic rings. The van der Waals surface area contributed by atoms with Crippen LogP contribution in [0.4, 0.5) is 18.4 Å². The van der Waals surface area contributed by atoms with Crippen LogP contribution in [0.2, 0.25) is 0 Å². The van der Waals surface area contributed by atoms with Crippen molar-refractivity contribution < 1.29 is 27.8 Å². The molecule has 3 amide bonds. The standard InChI is InChI=1S/C24H30F2N4O4/c1-33-24(8-3-2-4-9-24)21-14-17(7-10-28-21)27-11-12-29-22(31)30-20(15-34-23(30)32)16-5-6-18(25)19(26)13-16/h2-6,8,13,17,20-21,27-28H,7,9-12,14-15H2,1H3,(H,29,31)/t17?,20-,21?,24?/m1/s1. The predicted molar refractivity (Wildman–Crippen MR) is 121 cm³/mol. The number of imide groups is 1.